The molecule has 3 rings (SSSR count). The van der Waals surface area contributed by atoms with Gasteiger partial charge in [-0.15, -0.1) is 25.5 Å². The minimum atomic E-state index is -0.349. The SMILES string of the molecule is Cc1nnc(CN(C)C(=O)c2nc(-n3cnnc3)n[nH]2)o1.O=CO. The van der Waals surface area contributed by atoms with E-state index in [0.717, 1.165) is 0 Å². The Kier molecular flexibility index (Phi) is 5.28. The fourth-order valence-electron chi connectivity index (χ4n) is 1.62. The van der Waals surface area contributed by atoms with Crippen LogP contribution in [0.1, 0.15) is 22.4 Å². The monoisotopic (exact) mass is 335 g/mol. The number of rotatable bonds is 4. The standard InChI is InChI=1S/C10H11N9O2.CH2O2/c1-6-14-15-7(21-6)3-18(2)9(20)8-13-10(17-16-8)19-4-11-12-5-19;2-1-3/h4-5H,3H2,1-2H3,(H,13,16,17);1H,(H,2,3). The van der Waals surface area contributed by atoms with Gasteiger partial charge >= 0.3 is 0 Å². The lowest BCUT2D eigenvalue weighted by molar-refractivity contribution is -0.122. The normalized spacial score (nSPS) is 9.92. The second-order valence-electron chi connectivity index (χ2n) is 4.33. The van der Waals surface area contributed by atoms with Crippen LogP contribution in [0.5, 0.6) is 0 Å². The number of aromatic nitrogens is 8. The minimum absolute atomic E-state index is 0.0948. The van der Waals surface area contributed by atoms with Crippen molar-refractivity contribution in [3.8, 4) is 5.95 Å². The first-order chi connectivity index (χ1) is 11.5. The Labute approximate surface area is 134 Å². The first-order valence-electron chi connectivity index (χ1n) is 6.44. The molecule has 0 saturated heterocycles. The molecule has 3 heterocycles. The molecule has 13 nitrogen and oxygen atoms in total. The highest BCUT2D eigenvalue weighted by molar-refractivity contribution is 5.90. The fourth-order valence-corrected chi connectivity index (χ4v) is 1.62. The first kappa shape index (κ1) is 16.7. The van der Waals surface area contributed by atoms with Crippen LogP contribution in [0.4, 0.5) is 0 Å². The van der Waals surface area contributed by atoms with Crippen molar-refractivity contribution in [1.29, 1.82) is 0 Å². The second kappa shape index (κ2) is 7.57. The van der Waals surface area contributed by atoms with E-state index in [1.165, 1.54) is 22.1 Å². The fraction of sp³-hybridized carbons (Fsp3) is 0.273. The lowest BCUT2D eigenvalue weighted by Gasteiger charge is -2.12. The number of aryl methyl sites for hydroxylation is 1. The lowest BCUT2D eigenvalue weighted by atomic mass is 10.4. The van der Waals surface area contributed by atoms with E-state index in [2.05, 4.69) is 35.6 Å². The van der Waals surface area contributed by atoms with Gasteiger partial charge in [0.1, 0.15) is 12.7 Å². The number of nitrogens with one attached hydrogen (secondary N) is 1. The van der Waals surface area contributed by atoms with Crippen LogP contribution in [0.2, 0.25) is 0 Å². The van der Waals surface area contributed by atoms with Crippen molar-refractivity contribution in [2.45, 2.75) is 13.5 Å². The van der Waals surface area contributed by atoms with E-state index in [4.69, 9.17) is 14.3 Å². The quantitative estimate of drug-likeness (QED) is 0.567. The molecule has 0 bridgehead atoms. The predicted octanol–water partition coefficient (Wildman–Crippen LogP) is -0.950. The molecule has 0 spiro atoms. The molecule has 3 aromatic rings. The molecular formula is C11H13N9O4. The van der Waals surface area contributed by atoms with Gasteiger partial charge in [-0.3, -0.25) is 19.3 Å². The number of aromatic amines is 1. The van der Waals surface area contributed by atoms with Gasteiger partial charge in [0, 0.05) is 14.0 Å². The predicted molar refractivity (Wildman–Crippen MR) is 74.8 cm³/mol. The summed E-state index contributed by atoms with van der Waals surface area (Å²) in [7, 11) is 1.60. The number of hydrogen-bond acceptors (Lipinski definition) is 9. The van der Waals surface area contributed by atoms with Crippen LogP contribution in [0, 0.1) is 6.92 Å². The van der Waals surface area contributed by atoms with Crippen LogP contribution in [0.15, 0.2) is 17.1 Å². The summed E-state index contributed by atoms with van der Waals surface area (Å²) >= 11 is 0. The van der Waals surface area contributed by atoms with Gasteiger partial charge in [-0.05, 0) is 0 Å². The van der Waals surface area contributed by atoms with Crippen molar-refractivity contribution >= 4 is 12.4 Å². The average molecular weight is 335 g/mol. The van der Waals surface area contributed by atoms with Crippen molar-refractivity contribution < 1.29 is 19.1 Å². The number of nitrogens with zero attached hydrogens (tertiary/aromatic N) is 8. The molecule has 0 aliphatic rings. The number of carbonyl (C=O) groups is 2. The van der Waals surface area contributed by atoms with Crippen LogP contribution in [0.25, 0.3) is 5.95 Å². The van der Waals surface area contributed by atoms with Gasteiger partial charge in [-0.1, -0.05) is 0 Å². The zero-order valence-corrected chi connectivity index (χ0v) is 12.7. The second-order valence-corrected chi connectivity index (χ2v) is 4.33. The molecule has 2 N–H and O–H groups in total. The topological polar surface area (TPSA) is 169 Å². The molecule has 0 saturated carbocycles. The molecule has 0 radical (unpaired) electrons. The van der Waals surface area contributed by atoms with Crippen molar-refractivity contribution in [3.63, 3.8) is 0 Å². The molecule has 0 unspecified atom stereocenters. The third-order valence-electron chi connectivity index (χ3n) is 2.61. The third kappa shape index (κ3) is 3.96. The van der Waals surface area contributed by atoms with Crippen LogP contribution in [-0.2, 0) is 11.3 Å². The Morgan fingerprint density at radius 1 is 1.42 bits per heavy atom. The van der Waals surface area contributed by atoms with Gasteiger partial charge in [-0.25, -0.2) is 0 Å². The number of carboxylic acid groups (broad SMARTS) is 1. The number of amides is 1. The van der Waals surface area contributed by atoms with E-state index in [1.54, 1.807) is 14.0 Å². The highest BCUT2D eigenvalue weighted by Crippen LogP contribution is 2.06. The van der Waals surface area contributed by atoms with Gasteiger partial charge in [0.25, 0.3) is 18.3 Å². The average Bonchev–Trinajstić information content (AvgIpc) is 3.28. The van der Waals surface area contributed by atoms with Crippen LogP contribution < -0.4 is 0 Å². The van der Waals surface area contributed by atoms with E-state index in [0.29, 0.717) is 11.8 Å². The summed E-state index contributed by atoms with van der Waals surface area (Å²) < 4.78 is 6.70. The lowest BCUT2D eigenvalue weighted by Crippen LogP contribution is -2.27. The van der Waals surface area contributed by atoms with Gasteiger partial charge in [0.2, 0.25) is 17.6 Å². The van der Waals surface area contributed by atoms with Gasteiger partial charge < -0.3 is 14.4 Å². The summed E-state index contributed by atoms with van der Waals surface area (Å²) in [5.41, 5.74) is 0. The molecule has 13 heteroatoms. The molecule has 0 aliphatic carbocycles. The molecule has 126 valence electrons. The van der Waals surface area contributed by atoms with E-state index >= 15 is 0 Å². The molecule has 0 aliphatic heterocycles. The molecule has 24 heavy (non-hydrogen) atoms. The Morgan fingerprint density at radius 2 is 2.08 bits per heavy atom. The van der Waals surface area contributed by atoms with E-state index in [9.17, 15) is 4.79 Å². The van der Waals surface area contributed by atoms with Gasteiger partial charge in [0.15, 0.2) is 0 Å². The zero-order chi connectivity index (χ0) is 17.5. The highest BCUT2D eigenvalue weighted by atomic mass is 16.4. The van der Waals surface area contributed by atoms with E-state index in [1.807, 2.05) is 0 Å². The van der Waals surface area contributed by atoms with Crippen LogP contribution in [-0.4, -0.2) is 69.6 Å². The summed E-state index contributed by atoms with van der Waals surface area (Å²) in [6, 6.07) is 0. The third-order valence-corrected chi connectivity index (χ3v) is 2.61. The summed E-state index contributed by atoms with van der Waals surface area (Å²) in [4.78, 5) is 26.0. The largest absolute Gasteiger partial charge is 0.483 e. The summed E-state index contributed by atoms with van der Waals surface area (Å²) in [5.74, 6) is 0.822. The molecule has 1 amide bonds. The van der Waals surface area contributed by atoms with E-state index < -0.39 is 0 Å². The Balaban J connectivity index is 0.000000647. The smallest absolute Gasteiger partial charge is 0.291 e. The number of hydrogen-bond donors (Lipinski definition) is 2. The summed E-state index contributed by atoms with van der Waals surface area (Å²) in [6.07, 6.45) is 2.87. The van der Waals surface area contributed by atoms with Crippen molar-refractivity contribution in [2.24, 2.45) is 0 Å². The maximum absolute atomic E-state index is 12.2. The Morgan fingerprint density at radius 3 is 2.67 bits per heavy atom. The number of carbonyl (C=O) groups excluding carboxylic acids is 1. The van der Waals surface area contributed by atoms with Crippen molar-refractivity contribution in [2.75, 3.05) is 7.05 Å². The molecule has 3 aromatic heterocycles. The Bertz CT molecular complexity index is 794. The first-order valence-corrected chi connectivity index (χ1v) is 6.44. The maximum atomic E-state index is 12.2. The van der Waals surface area contributed by atoms with Gasteiger partial charge in [-0.2, -0.15) is 4.98 Å². The van der Waals surface area contributed by atoms with E-state index in [-0.39, 0.29) is 30.7 Å². The minimum Gasteiger partial charge on any atom is -0.483 e. The molecule has 0 fully saturated rings. The summed E-state index contributed by atoms with van der Waals surface area (Å²) in [5, 5.41) is 28.2. The summed E-state index contributed by atoms with van der Waals surface area (Å²) in [6.45, 7) is 1.61. The zero-order valence-electron chi connectivity index (χ0n) is 12.7. The van der Waals surface area contributed by atoms with Gasteiger partial charge in [0.05, 0.1) is 6.54 Å². The van der Waals surface area contributed by atoms with Crippen LogP contribution in [0.3, 0.4) is 0 Å². The molecular weight excluding hydrogens is 322 g/mol. The van der Waals surface area contributed by atoms with Crippen molar-refractivity contribution in [3.05, 3.63) is 30.3 Å². The maximum Gasteiger partial charge on any atom is 0.291 e. The Hall–Kier alpha value is -3.64. The highest BCUT2D eigenvalue weighted by Gasteiger charge is 2.19. The molecule has 0 aromatic carbocycles. The number of H-pyrrole nitrogens is 1. The van der Waals surface area contributed by atoms with Crippen molar-refractivity contribution in [1.82, 2.24) is 45.0 Å². The van der Waals surface area contributed by atoms with Crippen LogP contribution >= 0.6 is 0 Å². The molecule has 0 atom stereocenters.